The molecule has 0 aliphatic carbocycles. The lowest BCUT2D eigenvalue weighted by Gasteiger charge is -2.45. The molecule has 0 amide bonds. The van der Waals surface area contributed by atoms with E-state index in [1.807, 2.05) is 0 Å². The lowest BCUT2D eigenvalue weighted by atomic mass is 9.87. The Bertz CT molecular complexity index is 1290. The summed E-state index contributed by atoms with van der Waals surface area (Å²) < 4.78 is 413. The fourth-order valence-electron chi connectivity index (χ4n) is 2.49. The number of rotatable bonds is 13. The van der Waals surface area contributed by atoms with Crippen molar-refractivity contribution in [1.29, 1.82) is 0 Å². The molecule has 0 radical (unpaired) electrons. The van der Waals surface area contributed by atoms with Crippen molar-refractivity contribution in [2.75, 3.05) is 0 Å². The molecule has 0 bridgehead atoms. The van der Waals surface area contributed by atoms with Gasteiger partial charge in [-0.15, -0.1) is 0 Å². The minimum atomic E-state index is -9.94. The van der Waals surface area contributed by atoms with Gasteiger partial charge in [-0.1, -0.05) is 0 Å². The van der Waals surface area contributed by atoms with Crippen molar-refractivity contribution in [3.63, 3.8) is 0 Å². The third-order valence-electron chi connectivity index (χ3n) is 5.24. The molecule has 0 aliphatic heterocycles. The lowest BCUT2D eigenvalue weighted by molar-refractivity contribution is -0.529. The van der Waals surface area contributed by atoms with Gasteiger partial charge in [0.05, 0.1) is 0 Å². The van der Waals surface area contributed by atoms with Gasteiger partial charge in [-0.2, -0.15) is 123 Å². The molecule has 0 N–H and O–H groups in total. The van der Waals surface area contributed by atoms with Gasteiger partial charge in [0.25, 0.3) is 0 Å². The topological polar surface area (TPSA) is 66.4 Å². The molecule has 0 spiro atoms. The summed E-state index contributed by atoms with van der Waals surface area (Å²) in [7, 11) is -8.59. The van der Waals surface area contributed by atoms with Gasteiger partial charge in [0, 0.05) is 0 Å². The first-order valence-electron chi connectivity index (χ1n) is 9.59. The second kappa shape index (κ2) is 10.9. The van der Waals surface area contributed by atoms with Crippen molar-refractivity contribution in [3.05, 3.63) is 0 Å². The van der Waals surface area contributed by atoms with Gasteiger partial charge in [-0.3, -0.25) is 0 Å². The van der Waals surface area contributed by atoms with E-state index in [0.29, 0.717) is 4.74 Å². The monoisotopic (exact) mass is 815 g/mol. The van der Waals surface area contributed by atoms with Crippen LogP contribution in [0.3, 0.4) is 0 Å². The molecule has 0 heterocycles. The van der Waals surface area contributed by atoms with E-state index in [2.05, 4.69) is 0 Å². The summed E-state index contributed by atoms with van der Waals surface area (Å²) in [5, 5.41) is -8.43. The Morgan fingerprint density at radius 1 is 0.333 bits per heavy atom. The summed E-state index contributed by atoms with van der Waals surface area (Å²) in [5.41, 5.74) is -8.82. The Morgan fingerprint density at radius 3 is 0.750 bits per heavy atom. The standard InChI is InChI=1S/C14HF29O4S/c15-1(10(32,33)34,11(35,36)37)12(38,39)47-13(40,41)8(28,29)6(24,25)4(20,21)2(16,17)3(18,19)5(22,23)7(26,27)9(30,31)14(42,43)48(44,45)46/h(H,44,45,46)/p-1. The Labute approximate surface area is 239 Å². The van der Waals surface area contributed by atoms with E-state index < -0.39 is 93.0 Å². The fraction of sp³-hybridized carbons (Fsp3) is 1.00. The summed E-state index contributed by atoms with van der Waals surface area (Å²) in [6, 6.07) is 0. The SMILES string of the molecule is O=S(=O)([O-])C(F)(F)C(F)(F)C(F)(F)C(F)(F)C(F)(F)C(F)(F)C(F)(F)C(F)(F)C(F)(F)C(F)(F)OC(F)(F)C(F)(C(F)(F)F)C(F)(F)F. The Hall–Kier alpha value is -2.16. The number of alkyl halides is 29. The predicted molar refractivity (Wildman–Crippen MR) is 81.1 cm³/mol. The third kappa shape index (κ3) is 5.51. The number of hydrogen-bond donors (Lipinski definition) is 0. The van der Waals surface area contributed by atoms with Crippen LogP contribution in [-0.2, 0) is 14.9 Å². The molecule has 0 unspecified atom stereocenters. The molecular weight excluding hydrogens is 815 g/mol. The molecule has 0 aromatic carbocycles. The van der Waals surface area contributed by atoms with Crippen molar-refractivity contribution < 1.29 is 145 Å². The van der Waals surface area contributed by atoms with E-state index in [-0.39, 0.29) is 0 Å². The van der Waals surface area contributed by atoms with E-state index >= 15 is 0 Å². The maximum atomic E-state index is 13.7. The first-order chi connectivity index (χ1) is 20.0. The van der Waals surface area contributed by atoms with Gasteiger partial charge in [0.2, 0.25) is 0 Å². The molecule has 0 saturated heterocycles. The summed E-state index contributed by atoms with van der Waals surface area (Å²) in [6.07, 6.45) is -35.0. The molecule has 0 saturated carbocycles. The third-order valence-corrected chi connectivity index (χ3v) is 6.13. The summed E-state index contributed by atoms with van der Waals surface area (Å²) in [6.45, 7) is 0. The zero-order chi connectivity index (χ0) is 40.2. The van der Waals surface area contributed by atoms with Crippen LogP contribution in [0, 0.1) is 0 Å². The zero-order valence-electron chi connectivity index (χ0n) is 20.0. The van der Waals surface area contributed by atoms with Gasteiger partial charge in [-0.05, 0) is 0 Å². The average Bonchev–Trinajstić information content (AvgIpc) is 2.79. The van der Waals surface area contributed by atoms with Crippen LogP contribution in [0.15, 0.2) is 0 Å². The molecule has 0 fully saturated rings. The minimum Gasteiger partial charge on any atom is -0.743 e. The van der Waals surface area contributed by atoms with Crippen LogP contribution in [-0.4, -0.2) is 95.8 Å². The molecule has 34 heteroatoms. The van der Waals surface area contributed by atoms with Crippen LogP contribution < -0.4 is 0 Å². The normalized spacial score (nSPS) is 17.2. The molecule has 4 nitrogen and oxygen atoms in total. The molecule has 290 valence electrons. The van der Waals surface area contributed by atoms with E-state index in [0.717, 1.165) is 0 Å². The molecule has 0 atom stereocenters. The second-order valence-corrected chi connectivity index (χ2v) is 9.78. The highest BCUT2D eigenvalue weighted by Crippen LogP contribution is 2.67. The summed E-state index contributed by atoms with van der Waals surface area (Å²) in [5.74, 6) is -77.5. The van der Waals surface area contributed by atoms with E-state index in [9.17, 15) is 140 Å². The summed E-state index contributed by atoms with van der Waals surface area (Å²) >= 11 is 0. The zero-order valence-corrected chi connectivity index (χ0v) is 20.8. The Morgan fingerprint density at radius 2 is 0.542 bits per heavy atom. The first-order valence-corrected chi connectivity index (χ1v) is 11.0. The van der Waals surface area contributed by atoms with Crippen LogP contribution >= 0.6 is 0 Å². The first kappa shape index (κ1) is 45.8. The van der Waals surface area contributed by atoms with Crippen LogP contribution in [0.5, 0.6) is 0 Å². The van der Waals surface area contributed by atoms with Gasteiger partial charge < -0.3 is 4.55 Å². The molecule has 0 aromatic heterocycles. The van der Waals surface area contributed by atoms with Crippen molar-refractivity contribution in [2.45, 2.75) is 82.9 Å². The summed E-state index contributed by atoms with van der Waals surface area (Å²) in [4.78, 5) is 0. The van der Waals surface area contributed by atoms with Gasteiger partial charge in [0.15, 0.2) is 10.1 Å². The van der Waals surface area contributed by atoms with Crippen LogP contribution in [0.1, 0.15) is 0 Å². The highest BCUT2D eigenvalue weighted by molar-refractivity contribution is 7.86. The number of halogens is 29. The molecule has 0 aliphatic rings. The fourth-order valence-corrected chi connectivity index (χ4v) is 2.93. The smallest absolute Gasteiger partial charge is 0.440 e. The van der Waals surface area contributed by atoms with Crippen LogP contribution in [0.4, 0.5) is 127 Å². The van der Waals surface area contributed by atoms with Crippen molar-refractivity contribution in [2.24, 2.45) is 0 Å². The Balaban J connectivity index is 7.49. The van der Waals surface area contributed by atoms with Crippen LogP contribution in [0.2, 0.25) is 0 Å². The van der Waals surface area contributed by atoms with Crippen molar-refractivity contribution in [1.82, 2.24) is 0 Å². The number of ether oxygens (including phenoxy) is 1. The molecule has 48 heavy (non-hydrogen) atoms. The average molecular weight is 815 g/mol. The van der Waals surface area contributed by atoms with E-state index in [1.165, 1.54) is 0 Å². The minimum absolute atomic E-state index is 0.609. The predicted octanol–water partition coefficient (Wildman–Crippen LogP) is 8.24. The Kier molecular flexibility index (Phi) is 10.4. The van der Waals surface area contributed by atoms with Crippen molar-refractivity contribution in [3.8, 4) is 0 Å². The van der Waals surface area contributed by atoms with E-state index in [4.69, 9.17) is 0 Å². The van der Waals surface area contributed by atoms with Crippen molar-refractivity contribution >= 4 is 10.1 Å². The quantitative estimate of drug-likeness (QED) is 0.139. The van der Waals surface area contributed by atoms with Crippen LogP contribution in [0.25, 0.3) is 0 Å². The van der Waals surface area contributed by atoms with Gasteiger partial charge in [-0.25, -0.2) is 17.5 Å². The highest BCUT2D eigenvalue weighted by atomic mass is 32.2. The maximum absolute atomic E-state index is 13.7. The number of hydrogen-bond acceptors (Lipinski definition) is 4. The molecular formula is C14F29O4S-. The maximum Gasteiger partial charge on any atom is 0.440 e. The highest BCUT2D eigenvalue weighted by Gasteiger charge is 2.99. The van der Waals surface area contributed by atoms with E-state index in [1.54, 1.807) is 0 Å². The van der Waals surface area contributed by atoms with Gasteiger partial charge in [0.1, 0.15) is 0 Å². The molecule has 0 aromatic rings. The second-order valence-electron chi connectivity index (χ2n) is 8.36. The lowest BCUT2D eigenvalue weighted by Crippen LogP contribution is -2.77. The molecule has 0 rings (SSSR count). The largest absolute Gasteiger partial charge is 0.743 e. The van der Waals surface area contributed by atoms with Gasteiger partial charge >= 0.3 is 82.9 Å².